The molecular weight excluding hydrogens is 258 g/mol. The molecular formula is C16H16ClNO. The lowest BCUT2D eigenvalue weighted by atomic mass is 9.85. The predicted molar refractivity (Wildman–Crippen MR) is 76.4 cm³/mol. The lowest BCUT2D eigenvalue weighted by Crippen LogP contribution is -2.31. The molecule has 1 fully saturated rings. The Morgan fingerprint density at radius 2 is 2.00 bits per heavy atom. The lowest BCUT2D eigenvalue weighted by Gasteiger charge is -2.29. The minimum absolute atomic E-state index is 0.114. The Labute approximate surface area is 118 Å². The van der Waals surface area contributed by atoms with Crippen molar-refractivity contribution in [3.05, 3.63) is 46.6 Å². The van der Waals surface area contributed by atoms with E-state index in [9.17, 15) is 0 Å². The standard InChI is InChI=1S/C16H16ClNO/c17-14-6-4-5-13(11-14)7-8-15-12-16(19-18-15)9-2-1-3-10-16/h4-6,11-12,18H,1-3,9-10H2. The SMILES string of the molecule is Clc1cccc(C#CC2=CC3(CCCCC3)ON2)c1. The number of benzene rings is 1. The van der Waals surface area contributed by atoms with E-state index in [2.05, 4.69) is 23.4 Å². The molecule has 3 rings (SSSR count). The van der Waals surface area contributed by atoms with E-state index in [-0.39, 0.29) is 5.60 Å². The van der Waals surface area contributed by atoms with Crippen LogP contribution >= 0.6 is 11.6 Å². The molecule has 1 aliphatic heterocycles. The van der Waals surface area contributed by atoms with Crippen molar-refractivity contribution in [2.24, 2.45) is 0 Å². The maximum atomic E-state index is 5.93. The molecule has 1 heterocycles. The van der Waals surface area contributed by atoms with Crippen LogP contribution in [0.3, 0.4) is 0 Å². The van der Waals surface area contributed by atoms with Crippen LogP contribution in [0.15, 0.2) is 36.0 Å². The second-order valence-corrected chi connectivity index (χ2v) is 5.58. The van der Waals surface area contributed by atoms with Gasteiger partial charge in [0.1, 0.15) is 11.3 Å². The summed E-state index contributed by atoms with van der Waals surface area (Å²) in [4.78, 5) is 5.74. The third kappa shape index (κ3) is 2.94. The number of rotatable bonds is 0. The van der Waals surface area contributed by atoms with Crippen molar-refractivity contribution < 1.29 is 4.84 Å². The van der Waals surface area contributed by atoms with Crippen molar-refractivity contribution in [2.75, 3.05) is 0 Å². The van der Waals surface area contributed by atoms with Crippen molar-refractivity contribution in [3.63, 3.8) is 0 Å². The summed E-state index contributed by atoms with van der Waals surface area (Å²) < 4.78 is 0. The van der Waals surface area contributed by atoms with Crippen molar-refractivity contribution >= 4 is 11.6 Å². The molecule has 0 atom stereocenters. The van der Waals surface area contributed by atoms with Crippen molar-refractivity contribution in [1.82, 2.24) is 5.48 Å². The summed E-state index contributed by atoms with van der Waals surface area (Å²) in [6.07, 6.45) is 8.08. The summed E-state index contributed by atoms with van der Waals surface area (Å²) in [5.41, 5.74) is 4.62. The van der Waals surface area contributed by atoms with E-state index < -0.39 is 0 Å². The monoisotopic (exact) mass is 273 g/mol. The van der Waals surface area contributed by atoms with E-state index >= 15 is 0 Å². The molecule has 0 unspecified atom stereocenters. The minimum atomic E-state index is -0.114. The van der Waals surface area contributed by atoms with Gasteiger partial charge in [0.2, 0.25) is 0 Å². The Kier molecular flexibility index (Phi) is 3.50. The summed E-state index contributed by atoms with van der Waals surface area (Å²) in [5, 5.41) is 0.708. The summed E-state index contributed by atoms with van der Waals surface area (Å²) in [6, 6.07) is 7.56. The Morgan fingerprint density at radius 1 is 1.16 bits per heavy atom. The highest BCUT2D eigenvalue weighted by Gasteiger charge is 2.35. The first-order valence-electron chi connectivity index (χ1n) is 6.70. The first-order chi connectivity index (χ1) is 9.26. The minimum Gasteiger partial charge on any atom is -0.265 e. The smallest absolute Gasteiger partial charge is 0.117 e. The largest absolute Gasteiger partial charge is 0.265 e. The Morgan fingerprint density at radius 3 is 2.79 bits per heavy atom. The second-order valence-electron chi connectivity index (χ2n) is 5.15. The zero-order chi connectivity index (χ0) is 13.1. The summed E-state index contributed by atoms with van der Waals surface area (Å²) in [6.45, 7) is 0. The summed E-state index contributed by atoms with van der Waals surface area (Å²) >= 11 is 5.93. The number of allylic oxidation sites excluding steroid dienone is 1. The molecule has 1 spiro atoms. The lowest BCUT2D eigenvalue weighted by molar-refractivity contribution is -0.0597. The number of hydroxylamine groups is 1. The number of nitrogens with one attached hydrogen (secondary N) is 1. The average Bonchev–Trinajstić information content (AvgIpc) is 2.80. The van der Waals surface area contributed by atoms with Gasteiger partial charge in [-0.25, -0.2) is 0 Å². The van der Waals surface area contributed by atoms with Crippen molar-refractivity contribution in [3.8, 4) is 11.8 Å². The van der Waals surface area contributed by atoms with Gasteiger partial charge in [-0.05, 0) is 43.0 Å². The van der Waals surface area contributed by atoms with Gasteiger partial charge >= 0.3 is 0 Å². The van der Waals surface area contributed by atoms with Gasteiger partial charge < -0.3 is 0 Å². The Hall–Kier alpha value is -1.43. The Balaban J connectivity index is 1.76. The molecule has 3 heteroatoms. The quantitative estimate of drug-likeness (QED) is 0.726. The highest BCUT2D eigenvalue weighted by molar-refractivity contribution is 6.30. The van der Waals surface area contributed by atoms with E-state index in [1.165, 1.54) is 19.3 Å². The average molecular weight is 274 g/mol. The van der Waals surface area contributed by atoms with E-state index in [1.54, 1.807) is 0 Å². The molecule has 98 valence electrons. The summed E-state index contributed by atoms with van der Waals surface area (Å²) in [7, 11) is 0. The number of hydrogen-bond acceptors (Lipinski definition) is 2. The van der Waals surface area contributed by atoms with Crippen molar-refractivity contribution in [2.45, 2.75) is 37.7 Å². The highest BCUT2D eigenvalue weighted by Crippen LogP contribution is 2.35. The van der Waals surface area contributed by atoms with E-state index in [4.69, 9.17) is 16.4 Å². The van der Waals surface area contributed by atoms with Crippen LogP contribution in [-0.4, -0.2) is 5.60 Å². The first-order valence-corrected chi connectivity index (χ1v) is 7.08. The Bertz CT molecular complexity index is 562. The summed E-state index contributed by atoms with van der Waals surface area (Å²) in [5.74, 6) is 6.22. The van der Waals surface area contributed by atoms with Gasteiger partial charge in [0.25, 0.3) is 0 Å². The van der Waals surface area contributed by atoms with Crippen molar-refractivity contribution in [1.29, 1.82) is 0 Å². The fraction of sp³-hybridized carbons (Fsp3) is 0.375. The molecule has 0 aromatic heterocycles. The van der Waals surface area contributed by atoms with E-state index in [1.807, 2.05) is 24.3 Å². The van der Waals surface area contributed by atoms with E-state index in [0.29, 0.717) is 5.02 Å². The molecule has 0 bridgehead atoms. The normalized spacial score (nSPS) is 20.4. The van der Waals surface area contributed by atoms with Crippen LogP contribution in [0.1, 0.15) is 37.7 Å². The van der Waals surface area contributed by atoms with E-state index in [0.717, 1.165) is 24.1 Å². The maximum absolute atomic E-state index is 5.93. The number of hydrogen-bond donors (Lipinski definition) is 1. The molecule has 0 amide bonds. The second kappa shape index (κ2) is 5.28. The third-order valence-electron chi connectivity index (χ3n) is 3.64. The predicted octanol–water partition coefficient (Wildman–Crippen LogP) is 3.81. The molecule has 1 aromatic carbocycles. The van der Waals surface area contributed by atoms with Gasteiger partial charge in [0.15, 0.2) is 0 Å². The maximum Gasteiger partial charge on any atom is 0.117 e. The van der Waals surface area contributed by atoms with Crippen LogP contribution in [0.25, 0.3) is 0 Å². The molecule has 2 aliphatic rings. The van der Waals surface area contributed by atoms with Gasteiger partial charge in [0, 0.05) is 10.6 Å². The topological polar surface area (TPSA) is 21.3 Å². The molecule has 19 heavy (non-hydrogen) atoms. The highest BCUT2D eigenvalue weighted by atomic mass is 35.5. The van der Waals surface area contributed by atoms with Crippen LogP contribution in [0.5, 0.6) is 0 Å². The van der Waals surface area contributed by atoms with Crippen LogP contribution in [0.4, 0.5) is 0 Å². The van der Waals surface area contributed by atoms with Gasteiger partial charge in [-0.2, -0.15) is 0 Å². The molecule has 2 nitrogen and oxygen atoms in total. The zero-order valence-corrected chi connectivity index (χ0v) is 11.5. The van der Waals surface area contributed by atoms with Gasteiger partial charge in [-0.3, -0.25) is 10.3 Å². The van der Waals surface area contributed by atoms with Crippen LogP contribution in [-0.2, 0) is 4.84 Å². The molecule has 1 N–H and O–H groups in total. The first kappa shape index (κ1) is 12.6. The molecule has 1 saturated carbocycles. The molecule has 1 aliphatic carbocycles. The fourth-order valence-electron chi connectivity index (χ4n) is 2.64. The van der Waals surface area contributed by atoms with Gasteiger partial charge in [-0.15, -0.1) is 0 Å². The fourth-order valence-corrected chi connectivity index (χ4v) is 2.83. The van der Waals surface area contributed by atoms with Gasteiger partial charge in [0.05, 0.1) is 0 Å². The third-order valence-corrected chi connectivity index (χ3v) is 3.87. The number of halogens is 1. The van der Waals surface area contributed by atoms with Crippen LogP contribution < -0.4 is 5.48 Å². The van der Waals surface area contributed by atoms with Crippen LogP contribution in [0, 0.1) is 11.8 Å². The zero-order valence-electron chi connectivity index (χ0n) is 10.7. The molecule has 0 saturated heterocycles. The molecule has 0 radical (unpaired) electrons. The van der Waals surface area contributed by atoms with Crippen LogP contribution in [0.2, 0.25) is 5.02 Å². The van der Waals surface area contributed by atoms with Gasteiger partial charge in [-0.1, -0.05) is 42.9 Å². The molecule has 1 aromatic rings.